The van der Waals surface area contributed by atoms with E-state index in [1.807, 2.05) is 4.98 Å². The molecule has 1 N–H and O–H groups in total. The summed E-state index contributed by atoms with van der Waals surface area (Å²) in [6, 6.07) is 5.64. The molecule has 0 saturated heterocycles. The largest absolute Gasteiger partial charge is 0.333 e. The molecule has 90 valence electrons. The smallest absolute Gasteiger partial charge is 0.273 e. The molecule has 0 spiro atoms. The summed E-state index contributed by atoms with van der Waals surface area (Å²) in [7, 11) is 0. The predicted molar refractivity (Wildman–Crippen MR) is 65.0 cm³/mol. The second kappa shape index (κ2) is 4.58. The van der Waals surface area contributed by atoms with E-state index in [-0.39, 0.29) is 11.3 Å². The van der Waals surface area contributed by atoms with Gasteiger partial charge in [0.25, 0.3) is 5.56 Å². The molecule has 0 aliphatic heterocycles. The molecule has 0 amide bonds. The van der Waals surface area contributed by atoms with E-state index < -0.39 is 17.1 Å². The standard InChI is InChI=1S/C11H5BrFN3O2/c12-7-1-2-8(13)9(3-7)16-5-6(4-14)10(17)15-11(16)18/h1-3,5H,(H,15,17,18). The Balaban J connectivity index is 2.80. The second-order valence-corrected chi connectivity index (χ2v) is 4.30. The molecule has 0 aliphatic carbocycles. The minimum atomic E-state index is -0.809. The molecular formula is C11H5BrFN3O2. The van der Waals surface area contributed by atoms with E-state index in [0.717, 1.165) is 10.8 Å². The highest BCUT2D eigenvalue weighted by molar-refractivity contribution is 9.10. The number of nitrogens with zero attached hydrogens (tertiary/aromatic N) is 2. The van der Waals surface area contributed by atoms with Crippen LogP contribution in [0.3, 0.4) is 0 Å². The van der Waals surface area contributed by atoms with Crippen molar-refractivity contribution in [1.82, 2.24) is 9.55 Å². The van der Waals surface area contributed by atoms with E-state index in [0.29, 0.717) is 4.47 Å². The summed E-state index contributed by atoms with van der Waals surface area (Å²) in [5.41, 5.74) is -1.93. The topological polar surface area (TPSA) is 78.7 Å². The van der Waals surface area contributed by atoms with Crippen LogP contribution in [-0.4, -0.2) is 9.55 Å². The number of hydrogen-bond acceptors (Lipinski definition) is 3. The molecule has 7 heteroatoms. The first-order chi connectivity index (χ1) is 8.52. The first kappa shape index (κ1) is 12.3. The molecule has 5 nitrogen and oxygen atoms in total. The van der Waals surface area contributed by atoms with Crippen molar-refractivity contribution in [2.45, 2.75) is 0 Å². The third-order valence-electron chi connectivity index (χ3n) is 2.23. The number of halogens is 2. The van der Waals surface area contributed by atoms with Gasteiger partial charge in [0.15, 0.2) is 0 Å². The highest BCUT2D eigenvalue weighted by Gasteiger charge is 2.10. The maximum absolute atomic E-state index is 13.6. The summed E-state index contributed by atoms with van der Waals surface area (Å²) in [4.78, 5) is 24.8. The molecule has 1 aromatic carbocycles. The van der Waals surface area contributed by atoms with Gasteiger partial charge in [0.2, 0.25) is 0 Å². The fourth-order valence-corrected chi connectivity index (χ4v) is 1.75. The molecule has 18 heavy (non-hydrogen) atoms. The van der Waals surface area contributed by atoms with Crippen LogP contribution >= 0.6 is 15.9 Å². The van der Waals surface area contributed by atoms with Gasteiger partial charge in [-0.15, -0.1) is 0 Å². The lowest BCUT2D eigenvalue weighted by Crippen LogP contribution is -2.30. The summed E-state index contributed by atoms with van der Waals surface area (Å²) in [5, 5.41) is 8.72. The van der Waals surface area contributed by atoms with Crippen LogP contribution < -0.4 is 11.2 Å². The van der Waals surface area contributed by atoms with Crippen LogP contribution in [0.5, 0.6) is 0 Å². The minimum absolute atomic E-state index is 0.0536. The van der Waals surface area contributed by atoms with Gasteiger partial charge >= 0.3 is 5.69 Å². The number of aromatic amines is 1. The average Bonchev–Trinajstić information content (AvgIpc) is 2.33. The van der Waals surface area contributed by atoms with Crippen molar-refractivity contribution in [3.05, 3.63) is 61.1 Å². The van der Waals surface area contributed by atoms with Crippen molar-refractivity contribution >= 4 is 15.9 Å². The van der Waals surface area contributed by atoms with Gasteiger partial charge in [0.05, 0.1) is 5.69 Å². The number of nitrogens with one attached hydrogen (secondary N) is 1. The molecule has 0 radical (unpaired) electrons. The Morgan fingerprint density at radius 3 is 2.78 bits per heavy atom. The van der Waals surface area contributed by atoms with Gasteiger partial charge in [0, 0.05) is 10.7 Å². The molecule has 0 atom stereocenters. The molecular weight excluding hydrogens is 305 g/mol. The van der Waals surface area contributed by atoms with E-state index in [4.69, 9.17) is 5.26 Å². The van der Waals surface area contributed by atoms with Crippen LogP contribution in [0, 0.1) is 17.1 Å². The van der Waals surface area contributed by atoms with Crippen molar-refractivity contribution in [3.8, 4) is 11.8 Å². The van der Waals surface area contributed by atoms with Gasteiger partial charge in [0.1, 0.15) is 17.4 Å². The minimum Gasteiger partial charge on any atom is -0.273 e. The van der Waals surface area contributed by atoms with E-state index in [1.165, 1.54) is 18.2 Å². The molecule has 0 aliphatic rings. The van der Waals surface area contributed by atoms with Crippen molar-refractivity contribution in [3.63, 3.8) is 0 Å². The van der Waals surface area contributed by atoms with E-state index >= 15 is 0 Å². The Morgan fingerprint density at radius 2 is 2.11 bits per heavy atom. The van der Waals surface area contributed by atoms with E-state index in [2.05, 4.69) is 15.9 Å². The lowest BCUT2D eigenvalue weighted by molar-refractivity contribution is 0.613. The van der Waals surface area contributed by atoms with Crippen molar-refractivity contribution in [2.24, 2.45) is 0 Å². The lowest BCUT2D eigenvalue weighted by Gasteiger charge is -2.06. The number of rotatable bonds is 1. The predicted octanol–water partition coefficient (Wildman–Crippen LogP) is 1.30. The Morgan fingerprint density at radius 1 is 1.39 bits per heavy atom. The number of hydrogen-bond donors (Lipinski definition) is 1. The molecule has 2 aromatic rings. The summed E-state index contributed by atoms with van der Waals surface area (Å²) in [6.07, 6.45) is 1.01. The highest BCUT2D eigenvalue weighted by Crippen LogP contribution is 2.17. The van der Waals surface area contributed by atoms with Gasteiger partial charge in [-0.1, -0.05) is 15.9 Å². The van der Waals surface area contributed by atoms with Crippen LogP contribution in [0.1, 0.15) is 5.56 Å². The summed E-state index contributed by atoms with van der Waals surface area (Å²) < 4.78 is 15.1. The number of benzene rings is 1. The number of H-pyrrole nitrogens is 1. The normalized spacial score (nSPS) is 10.1. The Bertz CT molecular complexity index is 773. The molecule has 1 aromatic heterocycles. The zero-order chi connectivity index (χ0) is 13.3. The van der Waals surface area contributed by atoms with Crippen LogP contribution in [0.15, 0.2) is 38.5 Å². The third-order valence-corrected chi connectivity index (χ3v) is 2.72. The summed E-state index contributed by atoms with van der Waals surface area (Å²) >= 11 is 3.15. The van der Waals surface area contributed by atoms with Crippen LogP contribution in [0.2, 0.25) is 0 Å². The Labute approximate surface area is 108 Å². The maximum Gasteiger partial charge on any atom is 0.333 e. The van der Waals surface area contributed by atoms with Gasteiger partial charge in [-0.2, -0.15) is 5.26 Å². The summed E-state index contributed by atoms with van der Waals surface area (Å²) in [5.74, 6) is -0.642. The number of aromatic nitrogens is 2. The first-order valence-electron chi connectivity index (χ1n) is 4.74. The average molecular weight is 310 g/mol. The fourth-order valence-electron chi connectivity index (χ4n) is 1.40. The number of nitriles is 1. The summed E-state index contributed by atoms with van der Waals surface area (Å²) in [6.45, 7) is 0. The van der Waals surface area contributed by atoms with E-state index in [9.17, 15) is 14.0 Å². The third kappa shape index (κ3) is 2.10. The molecule has 0 unspecified atom stereocenters. The molecule has 0 saturated carbocycles. The van der Waals surface area contributed by atoms with Gasteiger partial charge in [-0.3, -0.25) is 14.3 Å². The van der Waals surface area contributed by atoms with Crippen molar-refractivity contribution in [2.75, 3.05) is 0 Å². The molecule has 0 fully saturated rings. The van der Waals surface area contributed by atoms with Crippen LogP contribution in [0.4, 0.5) is 4.39 Å². The van der Waals surface area contributed by atoms with E-state index in [1.54, 1.807) is 6.07 Å². The highest BCUT2D eigenvalue weighted by atomic mass is 79.9. The first-order valence-corrected chi connectivity index (χ1v) is 5.53. The van der Waals surface area contributed by atoms with Gasteiger partial charge in [-0.25, -0.2) is 9.18 Å². The SMILES string of the molecule is N#Cc1cn(-c2cc(Br)ccc2F)c(=O)[nH]c1=O. The Kier molecular flexibility index (Phi) is 3.12. The lowest BCUT2D eigenvalue weighted by atomic mass is 10.3. The second-order valence-electron chi connectivity index (χ2n) is 3.38. The van der Waals surface area contributed by atoms with Crippen molar-refractivity contribution < 1.29 is 4.39 Å². The molecule has 2 rings (SSSR count). The zero-order valence-corrected chi connectivity index (χ0v) is 10.4. The zero-order valence-electron chi connectivity index (χ0n) is 8.78. The Hall–Kier alpha value is -2.20. The quantitative estimate of drug-likeness (QED) is 0.862. The van der Waals surface area contributed by atoms with Gasteiger partial charge < -0.3 is 0 Å². The van der Waals surface area contributed by atoms with Crippen LogP contribution in [-0.2, 0) is 0 Å². The molecule has 1 heterocycles. The van der Waals surface area contributed by atoms with Crippen molar-refractivity contribution in [1.29, 1.82) is 5.26 Å². The maximum atomic E-state index is 13.6. The molecule has 0 bridgehead atoms. The van der Waals surface area contributed by atoms with Crippen LogP contribution in [0.25, 0.3) is 5.69 Å². The van der Waals surface area contributed by atoms with Gasteiger partial charge in [-0.05, 0) is 18.2 Å². The fraction of sp³-hybridized carbons (Fsp3) is 0. The monoisotopic (exact) mass is 309 g/mol.